The lowest BCUT2D eigenvalue weighted by Gasteiger charge is -2.23. The van der Waals surface area contributed by atoms with Gasteiger partial charge in [-0.15, -0.1) is 0 Å². The van der Waals surface area contributed by atoms with Gasteiger partial charge in [0.2, 0.25) is 0 Å². The van der Waals surface area contributed by atoms with Crippen molar-refractivity contribution in [3.05, 3.63) is 74.7 Å². The Hall–Kier alpha value is -2.78. The van der Waals surface area contributed by atoms with Crippen LogP contribution in [-0.4, -0.2) is 35.0 Å². The van der Waals surface area contributed by atoms with Crippen LogP contribution in [0.3, 0.4) is 0 Å². The minimum Gasteiger partial charge on any atom is -0.506 e. The Morgan fingerprint density at radius 1 is 1.22 bits per heavy atom. The number of hydrogen-bond donors (Lipinski definition) is 3. The quantitative estimate of drug-likeness (QED) is 0.349. The van der Waals surface area contributed by atoms with Crippen LogP contribution in [0.25, 0.3) is 0 Å². The summed E-state index contributed by atoms with van der Waals surface area (Å²) in [4.78, 5) is 37.7. The number of allylic oxidation sites excluding steroid dienone is 2. The van der Waals surface area contributed by atoms with Gasteiger partial charge in [-0.3, -0.25) is 14.4 Å². The standard InChI is InChI=1S/C23H21Br2N3O4/c24-17-10-16(21(30)18(25)12-17)13-26-28-23(32)19(11-15-8-4-5-9-20(15)29)27-22(31)14-6-2-1-3-7-14/h1-3,5-7,9-10,12-13,15,19,30H,4,8,11H2,(H,27,31)(H,28,32)/b26-13-. The first-order valence-electron chi connectivity index (χ1n) is 9.92. The van der Waals surface area contributed by atoms with Crippen LogP contribution >= 0.6 is 31.9 Å². The molecule has 3 rings (SSSR count). The van der Waals surface area contributed by atoms with Crippen molar-refractivity contribution in [2.24, 2.45) is 11.0 Å². The molecule has 0 radical (unpaired) electrons. The van der Waals surface area contributed by atoms with Crippen LogP contribution in [0.4, 0.5) is 0 Å². The highest BCUT2D eigenvalue weighted by atomic mass is 79.9. The Kier molecular flexibility index (Phi) is 8.35. The molecule has 7 nitrogen and oxygen atoms in total. The molecular formula is C23H21Br2N3O4. The van der Waals surface area contributed by atoms with Gasteiger partial charge in [0.05, 0.1) is 10.7 Å². The van der Waals surface area contributed by atoms with Gasteiger partial charge in [-0.1, -0.05) is 40.2 Å². The van der Waals surface area contributed by atoms with Crippen LogP contribution in [0.5, 0.6) is 5.75 Å². The molecule has 0 fully saturated rings. The Morgan fingerprint density at radius 3 is 2.69 bits per heavy atom. The second-order valence-electron chi connectivity index (χ2n) is 7.27. The second-order valence-corrected chi connectivity index (χ2v) is 9.04. The molecule has 0 aromatic heterocycles. The number of phenols is 1. The zero-order valence-corrected chi connectivity index (χ0v) is 20.1. The predicted molar refractivity (Wildman–Crippen MR) is 128 cm³/mol. The van der Waals surface area contributed by atoms with Crippen LogP contribution in [0, 0.1) is 5.92 Å². The summed E-state index contributed by atoms with van der Waals surface area (Å²) in [6.45, 7) is 0. The average molecular weight is 563 g/mol. The number of hydrogen-bond acceptors (Lipinski definition) is 5. The van der Waals surface area contributed by atoms with E-state index in [0.29, 0.717) is 26.5 Å². The van der Waals surface area contributed by atoms with Crippen LogP contribution in [0.1, 0.15) is 35.2 Å². The van der Waals surface area contributed by atoms with E-state index in [1.54, 1.807) is 42.5 Å². The topological polar surface area (TPSA) is 108 Å². The molecular weight excluding hydrogens is 542 g/mol. The average Bonchev–Trinajstić information content (AvgIpc) is 2.78. The molecule has 2 atom stereocenters. The number of aromatic hydroxyl groups is 1. The molecule has 2 aromatic rings. The minimum atomic E-state index is -0.955. The fourth-order valence-electron chi connectivity index (χ4n) is 3.28. The lowest BCUT2D eigenvalue weighted by molar-refractivity contribution is -0.124. The molecule has 32 heavy (non-hydrogen) atoms. The molecule has 2 aromatic carbocycles. The Bertz CT molecular complexity index is 1070. The molecule has 3 N–H and O–H groups in total. The number of hydrazone groups is 1. The number of rotatable bonds is 7. The summed E-state index contributed by atoms with van der Waals surface area (Å²) in [6.07, 6.45) is 6.15. The van der Waals surface area contributed by atoms with Crippen LogP contribution in [-0.2, 0) is 9.59 Å². The van der Waals surface area contributed by atoms with Gasteiger partial charge in [-0.05, 0) is 65.5 Å². The van der Waals surface area contributed by atoms with Crippen molar-refractivity contribution in [2.75, 3.05) is 0 Å². The van der Waals surface area contributed by atoms with Gasteiger partial charge in [0.15, 0.2) is 5.78 Å². The summed E-state index contributed by atoms with van der Waals surface area (Å²) in [7, 11) is 0. The molecule has 2 unspecified atom stereocenters. The van der Waals surface area contributed by atoms with Crippen LogP contribution in [0.2, 0.25) is 0 Å². The molecule has 9 heteroatoms. The number of nitrogens with one attached hydrogen (secondary N) is 2. The summed E-state index contributed by atoms with van der Waals surface area (Å²) in [6, 6.07) is 10.9. The van der Waals surface area contributed by atoms with Crippen molar-refractivity contribution in [1.29, 1.82) is 0 Å². The predicted octanol–water partition coefficient (Wildman–Crippen LogP) is 4.09. The van der Waals surface area contributed by atoms with Gasteiger partial charge in [0.25, 0.3) is 11.8 Å². The fourth-order valence-corrected chi connectivity index (χ4v) is 4.54. The van der Waals surface area contributed by atoms with Gasteiger partial charge in [-0.25, -0.2) is 5.43 Å². The number of phenolic OH excluding ortho intramolecular Hbond substituents is 1. The number of nitrogens with zero attached hydrogens (tertiary/aromatic N) is 1. The van der Waals surface area contributed by atoms with Crippen molar-refractivity contribution in [2.45, 2.75) is 25.3 Å². The molecule has 2 amide bonds. The van der Waals surface area contributed by atoms with Gasteiger partial charge in [0, 0.05) is 21.5 Å². The molecule has 0 heterocycles. The molecule has 166 valence electrons. The normalized spacial score (nSPS) is 16.7. The van der Waals surface area contributed by atoms with Gasteiger partial charge in [-0.2, -0.15) is 5.10 Å². The third-order valence-electron chi connectivity index (χ3n) is 4.98. The molecule has 0 spiro atoms. The number of amides is 2. The molecule has 1 aliphatic rings. The first kappa shape index (κ1) is 23.9. The third-order valence-corrected chi connectivity index (χ3v) is 6.04. The smallest absolute Gasteiger partial charge is 0.262 e. The van der Waals surface area contributed by atoms with Gasteiger partial charge < -0.3 is 10.4 Å². The van der Waals surface area contributed by atoms with E-state index in [4.69, 9.17) is 0 Å². The van der Waals surface area contributed by atoms with Gasteiger partial charge in [0.1, 0.15) is 11.8 Å². The minimum absolute atomic E-state index is 0.0280. The Labute approximate surface area is 202 Å². The summed E-state index contributed by atoms with van der Waals surface area (Å²) in [5.41, 5.74) is 3.19. The Morgan fingerprint density at radius 2 is 1.97 bits per heavy atom. The third kappa shape index (κ3) is 6.37. The maximum Gasteiger partial charge on any atom is 0.262 e. The van der Waals surface area contributed by atoms with E-state index in [0.717, 1.165) is 6.42 Å². The monoisotopic (exact) mass is 561 g/mol. The number of halogens is 2. The lowest BCUT2D eigenvalue weighted by atomic mass is 9.87. The maximum atomic E-state index is 12.8. The fraction of sp³-hybridized carbons (Fsp3) is 0.217. The molecule has 0 aliphatic heterocycles. The van der Waals surface area contributed by atoms with E-state index >= 15 is 0 Å². The highest BCUT2D eigenvalue weighted by Gasteiger charge is 2.28. The van der Waals surface area contributed by atoms with Crippen molar-refractivity contribution in [1.82, 2.24) is 10.7 Å². The second kappa shape index (κ2) is 11.2. The summed E-state index contributed by atoms with van der Waals surface area (Å²) in [5, 5.41) is 16.7. The van der Waals surface area contributed by atoms with E-state index in [-0.39, 0.29) is 23.9 Å². The first-order valence-corrected chi connectivity index (χ1v) is 11.5. The van der Waals surface area contributed by atoms with E-state index < -0.39 is 17.9 Å². The van der Waals surface area contributed by atoms with E-state index in [1.165, 1.54) is 12.3 Å². The number of benzene rings is 2. The number of ketones is 1. The molecule has 0 saturated heterocycles. The Balaban J connectivity index is 1.74. The molecule has 0 bridgehead atoms. The summed E-state index contributed by atoms with van der Waals surface area (Å²) < 4.78 is 1.18. The number of carbonyl (C=O) groups excluding carboxylic acids is 3. The van der Waals surface area contributed by atoms with Crippen molar-refractivity contribution in [3.8, 4) is 5.75 Å². The van der Waals surface area contributed by atoms with Crippen molar-refractivity contribution >= 4 is 55.7 Å². The van der Waals surface area contributed by atoms with E-state index in [2.05, 4.69) is 47.7 Å². The highest BCUT2D eigenvalue weighted by Crippen LogP contribution is 2.30. The summed E-state index contributed by atoms with van der Waals surface area (Å²) in [5.74, 6) is -1.42. The maximum absolute atomic E-state index is 12.8. The summed E-state index contributed by atoms with van der Waals surface area (Å²) >= 11 is 6.56. The van der Waals surface area contributed by atoms with Gasteiger partial charge >= 0.3 is 0 Å². The van der Waals surface area contributed by atoms with Crippen LogP contribution in [0.15, 0.2) is 68.7 Å². The zero-order valence-electron chi connectivity index (χ0n) is 16.9. The first-order chi connectivity index (χ1) is 15.3. The van der Waals surface area contributed by atoms with E-state index in [9.17, 15) is 19.5 Å². The highest BCUT2D eigenvalue weighted by molar-refractivity contribution is 9.11. The van der Waals surface area contributed by atoms with Crippen LogP contribution < -0.4 is 10.7 Å². The number of carbonyl (C=O) groups is 3. The van der Waals surface area contributed by atoms with Crippen molar-refractivity contribution < 1.29 is 19.5 Å². The van der Waals surface area contributed by atoms with E-state index in [1.807, 2.05) is 6.08 Å². The molecule has 1 aliphatic carbocycles. The molecule has 0 saturated carbocycles. The van der Waals surface area contributed by atoms with Crippen molar-refractivity contribution in [3.63, 3.8) is 0 Å². The lowest BCUT2D eigenvalue weighted by Crippen LogP contribution is -2.47. The largest absolute Gasteiger partial charge is 0.506 e. The zero-order chi connectivity index (χ0) is 23.1. The SMILES string of the molecule is O=C(NC(CC1CCC=CC1=O)C(=O)N/N=C\c1cc(Br)cc(Br)c1O)c1ccccc1.